The van der Waals surface area contributed by atoms with Crippen molar-refractivity contribution in [1.29, 1.82) is 0 Å². The highest BCUT2D eigenvalue weighted by Gasteiger charge is 2.26. The van der Waals surface area contributed by atoms with Crippen LogP contribution in [-0.2, 0) is 6.42 Å². The van der Waals surface area contributed by atoms with Crippen molar-refractivity contribution in [3.8, 4) is 16.9 Å². The van der Waals surface area contributed by atoms with Gasteiger partial charge in [-0.2, -0.15) is 5.10 Å². The summed E-state index contributed by atoms with van der Waals surface area (Å²) in [6, 6.07) is 12.9. The van der Waals surface area contributed by atoms with Crippen LogP contribution in [0.1, 0.15) is 18.4 Å². The van der Waals surface area contributed by atoms with E-state index in [9.17, 15) is 14.5 Å². The van der Waals surface area contributed by atoms with Crippen molar-refractivity contribution < 1.29 is 9.31 Å². The predicted molar refractivity (Wildman–Crippen MR) is 97.0 cm³/mol. The zero-order valence-corrected chi connectivity index (χ0v) is 14.0. The second-order valence-electron chi connectivity index (χ2n) is 6.20. The molecular weight excluding hydrogens is 335 g/mol. The topological polar surface area (TPSA) is 73.0 Å². The van der Waals surface area contributed by atoms with Gasteiger partial charge in [-0.3, -0.25) is 10.1 Å². The van der Waals surface area contributed by atoms with Gasteiger partial charge in [0.15, 0.2) is 0 Å². The van der Waals surface area contributed by atoms with Gasteiger partial charge in [0.1, 0.15) is 23.0 Å². The van der Waals surface area contributed by atoms with E-state index >= 15 is 0 Å². The van der Waals surface area contributed by atoms with Crippen LogP contribution in [0, 0.1) is 15.9 Å². The fraction of sp³-hybridized carbons (Fsp3) is 0.211. The van der Waals surface area contributed by atoms with Crippen molar-refractivity contribution in [3.05, 3.63) is 70.0 Å². The minimum absolute atomic E-state index is 0.0380. The van der Waals surface area contributed by atoms with Gasteiger partial charge in [0.25, 0.3) is 5.69 Å². The molecule has 6 nitrogen and oxygen atoms in total. The highest BCUT2D eigenvalue weighted by Crippen LogP contribution is 2.36. The third-order valence-corrected chi connectivity index (χ3v) is 4.57. The number of anilines is 1. The Hall–Kier alpha value is -3.22. The summed E-state index contributed by atoms with van der Waals surface area (Å²) in [6.45, 7) is 0.746. The second-order valence-corrected chi connectivity index (χ2v) is 6.20. The molecular formula is C19H17FN4O2. The Morgan fingerprint density at radius 3 is 2.69 bits per heavy atom. The molecule has 7 heteroatoms. The molecule has 1 aliphatic rings. The maximum absolute atomic E-state index is 14.4. The molecule has 2 aromatic carbocycles. The van der Waals surface area contributed by atoms with E-state index in [0.29, 0.717) is 22.8 Å². The van der Waals surface area contributed by atoms with Gasteiger partial charge < -0.3 is 5.32 Å². The number of rotatable bonds is 3. The summed E-state index contributed by atoms with van der Waals surface area (Å²) < 4.78 is 15.9. The summed E-state index contributed by atoms with van der Waals surface area (Å²) in [5.74, 6) is 0.349. The molecule has 0 aliphatic carbocycles. The van der Waals surface area contributed by atoms with Gasteiger partial charge in [0, 0.05) is 23.7 Å². The number of aromatic nitrogens is 2. The lowest BCUT2D eigenvalue weighted by atomic mass is 10.0. The van der Waals surface area contributed by atoms with E-state index in [-0.39, 0.29) is 11.5 Å². The van der Waals surface area contributed by atoms with E-state index in [1.54, 1.807) is 41.1 Å². The van der Waals surface area contributed by atoms with Gasteiger partial charge in [-0.1, -0.05) is 24.3 Å². The van der Waals surface area contributed by atoms with Crippen LogP contribution in [0.3, 0.4) is 0 Å². The van der Waals surface area contributed by atoms with Crippen LogP contribution >= 0.6 is 0 Å². The third-order valence-electron chi connectivity index (χ3n) is 4.57. The molecule has 0 bridgehead atoms. The van der Waals surface area contributed by atoms with E-state index in [0.717, 1.165) is 31.4 Å². The SMILES string of the molecule is O=[N+]([O-])c1ccccc1-n1nc(-c2ccccc2F)c2c1NCCCC2. The molecule has 26 heavy (non-hydrogen) atoms. The number of para-hydroxylation sites is 2. The van der Waals surface area contributed by atoms with Crippen LogP contribution in [0.2, 0.25) is 0 Å². The van der Waals surface area contributed by atoms with Gasteiger partial charge in [0.2, 0.25) is 0 Å². The predicted octanol–water partition coefficient (Wildman–Crippen LogP) is 4.33. The van der Waals surface area contributed by atoms with Crippen molar-refractivity contribution in [2.45, 2.75) is 19.3 Å². The molecule has 0 spiro atoms. The largest absolute Gasteiger partial charge is 0.370 e. The zero-order chi connectivity index (χ0) is 18.1. The van der Waals surface area contributed by atoms with Crippen LogP contribution in [0.4, 0.5) is 15.9 Å². The average Bonchev–Trinajstić information content (AvgIpc) is 2.83. The lowest BCUT2D eigenvalue weighted by Gasteiger charge is -2.09. The highest BCUT2D eigenvalue weighted by atomic mass is 19.1. The highest BCUT2D eigenvalue weighted by molar-refractivity contribution is 5.72. The average molecular weight is 352 g/mol. The molecule has 0 radical (unpaired) electrons. The first kappa shape index (κ1) is 16.3. The van der Waals surface area contributed by atoms with Crippen LogP contribution in [0.25, 0.3) is 16.9 Å². The van der Waals surface area contributed by atoms with E-state index in [4.69, 9.17) is 0 Å². The quantitative estimate of drug-likeness (QED) is 0.562. The molecule has 0 unspecified atom stereocenters. The van der Waals surface area contributed by atoms with Crippen LogP contribution < -0.4 is 5.32 Å². The van der Waals surface area contributed by atoms with E-state index in [2.05, 4.69) is 10.4 Å². The molecule has 3 aromatic rings. The van der Waals surface area contributed by atoms with Crippen LogP contribution in [-0.4, -0.2) is 21.2 Å². The number of nitrogens with one attached hydrogen (secondary N) is 1. The maximum atomic E-state index is 14.4. The molecule has 0 amide bonds. The lowest BCUT2D eigenvalue weighted by Crippen LogP contribution is -2.08. The number of nitro benzene ring substituents is 1. The third kappa shape index (κ3) is 2.71. The van der Waals surface area contributed by atoms with Gasteiger partial charge in [0.05, 0.1) is 4.92 Å². The summed E-state index contributed by atoms with van der Waals surface area (Å²) >= 11 is 0. The zero-order valence-electron chi connectivity index (χ0n) is 14.0. The molecule has 0 saturated carbocycles. The summed E-state index contributed by atoms with van der Waals surface area (Å²) in [4.78, 5) is 11.0. The first-order valence-corrected chi connectivity index (χ1v) is 8.51. The summed E-state index contributed by atoms with van der Waals surface area (Å²) in [5.41, 5.74) is 2.16. The van der Waals surface area contributed by atoms with E-state index in [1.165, 1.54) is 12.1 Å². The Kier molecular flexibility index (Phi) is 4.12. The minimum Gasteiger partial charge on any atom is -0.370 e. The maximum Gasteiger partial charge on any atom is 0.294 e. The van der Waals surface area contributed by atoms with Gasteiger partial charge in [-0.25, -0.2) is 9.07 Å². The summed E-state index contributed by atoms with van der Waals surface area (Å²) in [7, 11) is 0. The molecule has 0 saturated heterocycles. The van der Waals surface area contributed by atoms with Gasteiger partial charge >= 0.3 is 0 Å². The van der Waals surface area contributed by atoms with Crippen molar-refractivity contribution in [2.75, 3.05) is 11.9 Å². The van der Waals surface area contributed by atoms with E-state index < -0.39 is 4.92 Å². The van der Waals surface area contributed by atoms with Gasteiger partial charge in [-0.15, -0.1) is 0 Å². The Bertz CT molecular complexity index is 983. The Balaban J connectivity index is 1.98. The standard InChI is InChI=1S/C19H17FN4O2/c20-15-9-2-1-7-13(15)18-14-8-5-6-12-21-19(14)23(22-18)16-10-3-4-11-17(16)24(25)26/h1-4,7,9-11,21H,5-6,8,12H2. The van der Waals surface area contributed by atoms with Crippen molar-refractivity contribution >= 4 is 11.5 Å². The Labute approximate surface area is 149 Å². The Morgan fingerprint density at radius 1 is 1.12 bits per heavy atom. The number of nitro groups is 1. The monoisotopic (exact) mass is 352 g/mol. The number of nitrogens with zero attached hydrogens (tertiary/aromatic N) is 3. The fourth-order valence-electron chi connectivity index (χ4n) is 3.34. The summed E-state index contributed by atoms with van der Waals surface area (Å²) in [6.07, 6.45) is 2.67. The molecule has 1 aromatic heterocycles. The van der Waals surface area contributed by atoms with Crippen LogP contribution in [0.15, 0.2) is 48.5 Å². The smallest absolute Gasteiger partial charge is 0.294 e. The molecule has 132 valence electrons. The molecule has 1 N–H and O–H groups in total. The summed E-state index contributed by atoms with van der Waals surface area (Å²) in [5, 5.41) is 19.4. The number of hydrogen-bond acceptors (Lipinski definition) is 4. The molecule has 2 heterocycles. The normalized spacial score (nSPS) is 13.6. The van der Waals surface area contributed by atoms with E-state index in [1.807, 2.05) is 0 Å². The lowest BCUT2D eigenvalue weighted by molar-refractivity contribution is -0.384. The first-order valence-electron chi connectivity index (χ1n) is 8.51. The Morgan fingerprint density at radius 2 is 1.88 bits per heavy atom. The number of hydrogen-bond donors (Lipinski definition) is 1. The molecule has 1 aliphatic heterocycles. The van der Waals surface area contributed by atoms with Crippen molar-refractivity contribution in [3.63, 3.8) is 0 Å². The fourth-order valence-corrected chi connectivity index (χ4v) is 3.34. The number of fused-ring (bicyclic) bond motifs is 1. The van der Waals surface area contributed by atoms with Crippen molar-refractivity contribution in [1.82, 2.24) is 9.78 Å². The second kappa shape index (κ2) is 6.59. The number of halogens is 1. The molecule has 0 atom stereocenters. The van der Waals surface area contributed by atoms with Gasteiger partial charge in [-0.05, 0) is 37.5 Å². The van der Waals surface area contributed by atoms with Crippen LogP contribution in [0.5, 0.6) is 0 Å². The minimum atomic E-state index is -0.428. The first-order chi connectivity index (χ1) is 12.7. The number of benzene rings is 2. The van der Waals surface area contributed by atoms with Crippen molar-refractivity contribution in [2.24, 2.45) is 0 Å². The molecule has 0 fully saturated rings. The molecule has 4 rings (SSSR count).